The molecule has 0 aromatic heterocycles. The molecule has 0 heterocycles. The first-order valence-corrected chi connectivity index (χ1v) is 5.09. The summed E-state index contributed by atoms with van der Waals surface area (Å²) >= 11 is 11.8. The van der Waals surface area contributed by atoms with Crippen molar-refractivity contribution < 1.29 is 4.74 Å². The second kappa shape index (κ2) is 5.44. The molecule has 1 atom stereocenters. The highest BCUT2D eigenvalue weighted by Crippen LogP contribution is 2.25. The monoisotopic (exact) mass is 233 g/mol. The van der Waals surface area contributed by atoms with E-state index in [-0.39, 0.29) is 6.04 Å². The minimum atomic E-state index is 0.221. The quantitative estimate of drug-likeness (QED) is 0.861. The minimum Gasteiger partial charge on any atom is -0.383 e. The Kier molecular flexibility index (Phi) is 4.52. The molecule has 0 fully saturated rings. The van der Waals surface area contributed by atoms with Gasteiger partial charge in [0.15, 0.2) is 0 Å². The predicted octanol–water partition coefficient (Wildman–Crippen LogP) is 3.44. The lowest BCUT2D eigenvalue weighted by Gasteiger charge is -2.15. The maximum atomic E-state index is 5.99. The molecule has 0 aliphatic heterocycles. The standard InChI is InChI=1S/C10H13Cl2NO/c1-7(6-14-2)13-10-4-3-8(11)5-9(10)12/h3-5,7,13H,6H2,1-2H3. The zero-order valence-electron chi connectivity index (χ0n) is 8.18. The molecule has 1 N–H and O–H groups in total. The second-order valence-corrected chi connectivity index (χ2v) is 3.97. The van der Waals surface area contributed by atoms with Crippen LogP contribution in [0.4, 0.5) is 5.69 Å². The Hall–Kier alpha value is -0.440. The van der Waals surface area contributed by atoms with Crippen LogP contribution in [0.3, 0.4) is 0 Å². The number of hydrogen-bond acceptors (Lipinski definition) is 2. The van der Waals surface area contributed by atoms with Gasteiger partial charge in [0.05, 0.1) is 17.3 Å². The van der Waals surface area contributed by atoms with E-state index in [1.54, 1.807) is 19.2 Å². The Labute approximate surface area is 94.2 Å². The first-order valence-electron chi connectivity index (χ1n) is 4.34. The highest BCUT2D eigenvalue weighted by molar-refractivity contribution is 6.36. The molecule has 0 amide bonds. The molecule has 78 valence electrons. The van der Waals surface area contributed by atoms with Crippen LogP contribution in [-0.2, 0) is 4.74 Å². The number of ether oxygens (including phenoxy) is 1. The number of benzene rings is 1. The molecule has 1 unspecified atom stereocenters. The Morgan fingerprint density at radius 1 is 1.43 bits per heavy atom. The van der Waals surface area contributed by atoms with Crippen molar-refractivity contribution in [3.63, 3.8) is 0 Å². The van der Waals surface area contributed by atoms with Crippen molar-refractivity contribution in [3.05, 3.63) is 28.2 Å². The van der Waals surface area contributed by atoms with Gasteiger partial charge in [-0.1, -0.05) is 23.2 Å². The molecule has 1 rings (SSSR count). The van der Waals surface area contributed by atoms with Crippen LogP contribution in [0.15, 0.2) is 18.2 Å². The summed E-state index contributed by atoms with van der Waals surface area (Å²) < 4.78 is 5.01. The third kappa shape index (κ3) is 3.37. The van der Waals surface area contributed by atoms with Crippen molar-refractivity contribution in [3.8, 4) is 0 Å². The first-order chi connectivity index (χ1) is 6.63. The summed E-state index contributed by atoms with van der Waals surface area (Å²) in [5.74, 6) is 0. The highest BCUT2D eigenvalue weighted by Gasteiger charge is 2.04. The highest BCUT2D eigenvalue weighted by atomic mass is 35.5. The first kappa shape index (κ1) is 11.6. The van der Waals surface area contributed by atoms with E-state index in [9.17, 15) is 0 Å². The summed E-state index contributed by atoms with van der Waals surface area (Å²) in [6, 6.07) is 5.59. The summed E-state index contributed by atoms with van der Waals surface area (Å²) in [5.41, 5.74) is 0.876. The van der Waals surface area contributed by atoms with E-state index in [2.05, 4.69) is 5.32 Å². The van der Waals surface area contributed by atoms with Gasteiger partial charge in [-0.3, -0.25) is 0 Å². The molecule has 0 spiro atoms. The van der Waals surface area contributed by atoms with Crippen LogP contribution in [0.25, 0.3) is 0 Å². The van der Waals surface area contributed by atoms with Crippen LogP contribution < -0.4 is 5.32 Å². The molecule has 0 aliphatic carbocycles. The molecule has 0 saturated carbocycles. The lowest BCUT2D eigenvalue weighted by atomic mass is 10.3. The van der Waals surface area contributed by atoms with Crippen molar-refractivity contribution in [2.75, 3.05) is 19.0 Å². The van der Waals surface area contributed by atoms with E-state index < -0.39 is 0 Å². The average Bonchev–Trinajstić information content (AvgIpc) is 2.10. The van der Waals surface area contributed by atoms with Gasteiger partial charge >= 0.3 is 0 Å². The Bertz CT molecular complexity index is 304. The van der Waals surface area contributed by atoms with Gasteiger partial charge in [0.2, 0.25) is 0 Å². The summed E-state index contributed by atoms with van der Waals surface area (Å²) in [6.45, 7) is 2.66. The van der Waals surface area contributed by atoms with Gasteiger partial charge in [0, 0.05) is 18.2 Å². The third-order valence-corrected chi connectivity index (χ3v) is 2.30. The van der Waals surface area contributed by atoms with Gasteiger partial charge in [-0.15, -0.1) is 0 Å². The number of methoxy groups -OCH3 is 1. The van der Waals surface area contributed by atoms with Gasteiger partial charge in [-0.05, 0) is 25.1 Å². The molecular formula is C10H13Cl2NO. The third-order valence-electron chi connectivity index (χ3n) is 1.75. The maximum Gasteiger partial charge on any atom is 0.0661 e. The summed E-state index contributed by atoms with van der Waals surface area (Å²) in [4.78, 5) is 0. The average molecular weight is 234 g/mol. The fourth-order valence-electron chi connectivity index (χ4n) is 1.16. The van der Waals surface area contributed by atoms with E-state index in [1.165, 1.54) is 0 Å². The van der Waals surface area contributed by atoms with Crippen molar-refractivity contribution >= 4 is 28.9 Å². The van der Waals surface area contributed by atoms with Crippen molar-refractivity contribution in [2.24, 2.45) is 0 Å². The molecule has 2 nitrogen and oxygen atoms in total. The van der Waals surface area contributed by atoms with E-state index >= 15 is 0 Å². The lowest BCUT2D eigenvalue weighted by Crippen LogP contribution is -2.20. The molecule has 1 aromatic carbocycles. The van der Waals surface area contributed by atoms with Crippen LogP contribution in [0.5, 0.6) is 0 Å². The van der Waals surface area contributed by atoms with Gasteiger partial charge in [-0.25, -0.2) is 0 Å². The van der Waals surface area contributed by atoms with Crippen LogP contribution in [0, 0.1) is 0 Å². The fraction of sp³-hybridized carbons (Fsp3) is 0.400. The van der Waals surface area contributed by atoms with E-state index in [4.69, 9.17) is 27.9 Å². The van der Waals surface area contributed by atoms with Crippen molar-refractivity contribution in [1.29, 1.82) is 0 Å². The zero-order chi connectivity index (χ0) is 10.6. The molecule has 14 heavy (non-hydrogen) atoms. The SMILES string of the molecule is COCC(C)Nc1ccc(Cl)cc1Cl. The van der Waals surface area contributed by atoms with E-state index in [0.29, 0.717) is 16.7 Å². The van der Waals surface area contributed by atoms with E-state index in [1.807, 2.05) is 13.0 Å². The lowest BCUT2D eigenvalue weighted by molar-refractivity contribution is 0.190. The molecule has 0 saturated heterocycles. The predicted molar refractivity (Wildman–Crippen MR) is 61.4 cm³/mol. The largest absolute Gasteiger partial charge is 0.383 e. The van der Waals surface area contributed by atoms with Crippen LogP contribution in [-0.4, -0.2) is 19.8 Å². The molecular weight excluding hydrogens is 221 g/mol. The Morgan fingerprint density at radius 2 is 2.14 bits per heavy atom. The van der Waals surface area contributed by atoms with Crippen LogP contribution in [0.1, 0.15) is 6.92 Å². The number of hydrogen-bond donors (Lipinski definition) is 1. The van der Waals surface area contributed by atoms with E-state index in [0.717, 1.165) is 5.69 Å². The number of halogens is 2. The van der Waals surface area contributed by atoms with Crippen LogP contribution in [0.2, 0.25) is 10.0 Å². The molecule has 1 aromatic rings. The summed E-state index contributed by atoms with van der Waals surface area (Å²) in [5, 5.41) is 4.49. The number of nitrogens with one attached hydrogen (secondary N) is 1. The molecule has 0 aliphatic rings. The summed E-state index contributed by atoms with van der Waals surface area (Å²) in [6.07, 6.45) is 0. The number of rotatable bonds is 4. The molecule has 4 heteroatoms. The zero-order valence-corrected chi connectivity index (χ0v) is 9.69. The smallest absolute Gasteiger partial charge is 0.0661 e. The van der Waals surface area contributed by atoms with Gasteiger partial charge < -0.3 is 10.1 Å². The van der Waals surface area contributed by atoms with Gasteiger partial charge in [0.1, 0.15) is 0 Å². The maximum absolute atomic E-state index is 5.99. The van der Waals surface area contributed by atoms with Gasteiger partial charge in [-0.2, -0.15) is 0 Å². The topological polar surface area (TPSA) is 21.3 Å². The molecule has 0 radical (unpaired) electrons. The van der Waals surface area contributed by atoms with Crippen molar-refractivity contribution in [1.82, 2.24) is 0 Å². The Morgan fingerprint density at radius 3 is 2.71 bits per heavy atom. The molecule has 0 bridgehead atoms. The van der Waals surface area contributed by atoms with Crippen molar-refractivity contribution in [2.45, 2.75) is 13.0 Å². The fourth-order valence-corrected chi connectivity index (χ4v) is 1.63. The Balaban J connectivity index is 2.67. The van der Waals surface area contributed by atoms with Gasteiger partial charge in [0.25, 0.3) is 0 Å². The minimum absolute atomic E-state index is 0.221. The normalized spacial score (nSPS) is 12.6. The second-order valence-electron chi connectivity index (χ2n) is 3.12. The number of anilines is 1. The van der Waals surface area contributed by atoms with Crippen LogP contribution >= 0.6 is 23.2 Å². The summed E-state index contributed by atoms with van der Waals surface area (Å²) in [7, 11) is 1.67.